The van der Waals surface area contributed by atoms with Gasteiger partial charge in [0.2, 0.25) is 0 Å². The molecule has 7 heteroatoms. The smallest absolute Gasteiger partial charge is 0.272 e. The lowest BCUT2D eigenvalue weighted by molar-refractivity contribution is 0.0595. The van der Waals surface area contributed by atoms with Crippen LogP contribution in [0.2, 0.25) is 0 Å². The standard InChI is InChI=1S/C29H30N2O5/c1-33-28-12-22(8-9-27(28)36-16-19-2-4-20(5-3-19)21-6-7-21)23-14-31(15-23)29(32)26-13-24(10-11-30-26)34-17-25-18-35-25/h2-5,8-13,21,23,25H,6-7,14-18H2,1H3. The average molecular weight is 487 g/mol. The second-order valence-corrected chi connectivity index (χ2v) is 9.77. The first-order valence-electron chi connectivity index (χ1n) is 12.6. The Morgan fingerprint density at radius 1 is 0.972 bits per heavy atom. The first kappa shape index (κ1) is 22.9. The minimum Gasteiger partial charge on any atom is -0.493 e. The number of carbonyl (C=O) groups is 1. The molecule has 0 bridgehead atoms. The Morgan fingerprint density at radius 2 is 1.75 bits per heavy atom. The van der Waals surface area contributed by atoms with Gasteiger partial charge >= 0.3 is 0 Å². The van der Waals surface area contributed by atoms with Gasteiger partial charge in [0.25, 0.3) is 5.91 Å². The highest BCUT2D eigenvalue weighted by Gasteiger charge is 2.33. The van der Waals surface area contributed by atoms with E-state index in [0.717, 1.165) is 29.4 Å². The molecule has 7 nitrogen and oxygen atoms in total. The Kier molecular flexibility index (Phi) is 6.23. The van der Waals surface area contributed by atoms with Gasteiger partial charge in [-0.3, -0.25) is 9.78 Å². The maximum absolute atomic E-state index is 12.9. The van der Waals surface area contributed by atoms with Crippen molar-refractivity contribution < 1.29 is 23.7 Å². The molecule has 0 spiro atoms. The fourth-order valence-electron chi connectivity index (χ4n) is 4.51. The maximum atomic E-state index is 12.9. The van der Waals surface area contributed by atoms with Crippen molar-refractivity contribution >= 4 is 5.91 Å². The highest BCUT2D eigenvalue weighted by Crippen LogP contribution is 2.40. The number of benzene rings is 2. The van der Waals surface area contributed by atoms with Crippen LogP contribution in [0.15, 0.2) is 60.8 Å². The molecule has 3 aromatic rings. The second kappa shape index (κ2) is 9.82. The molecule has 1 aromatic heterocycles. The van der Waals surface area contributed by atoms with Gasteiger partial charge in [-0.25, -0.2) is 0 Å². The van der Waals surface area contributed by atoms with E-state index in [1.807, 2.05) is 17.0 Å². The molecule has 2 aromatic carbocycles. The predicted octanol–water partition coefficient (Wildman–Crippen LogP) is 4.56. The lowest BCUT2D eigenvalue weighted by Gasteiger charge is -2.39. The van der Waals surface area contributed by atoms with Crippen LogP contribution in [0.3, 0.4) is 0 Å². The van der Waals surface area contributed by atoms with Crippen LogP contribution in [0.1, 0.15) is 51.9 Å². The molecule has 1 atom stereocenters. The number of amides is 1. The summed E-state index contributed by atoms with van der Waals surface area (Å²) >= 11 is 0. The summed E-state index contributed by atoms with van der Waals surface area (Å²) < 4.78 is 22.5. The molecule has 3 aliphatic rings. The molecule has 186 valence electrons. The zero-order valence-electron chi connectivity index (χ0n) is 20.4. The molecular formula is C29H30N2O5. The SMILES string of the molecule is COc1cc(C2CN(C(=O)c3cc(OCC4CO4)ccn3)C2)ccc1OCc1ccc(C2CC2)cc1. The molecule has 2 aliphatic heterocycles. The van der Waals surface area contributed by atoms with Crippen molar-refractivity contribution in [3.63, 3.8) is 0 Å². The first-order valence-corrected chi connectivity index (χ1v) is 12.6. The van der Waals surface area contributed by atoms with Crippen LogP contribution in [-0.2, 0) is 11.3 Å². The molecule has 1 unspecified atom stereocenters. The summed E-state index contributed by atoms with van der Waals surface area (Å²) in [5.74, 6) is 2.99. The van der Waals surface area contributed by atoms with E-state index < -0.39 is 0 Å². The second-order valence-electron chi connectivity index (χ2n) is 9.77. The van der Waals surface area contributed by atoms with Gasteiger partial charge in [-0.15, -0.1) is 0 Å². The predicted molar refractivity (Wildman–Crippen MR) is 134 cm³/mol. The van der Waals surface area contributed by atoms with Crippen LogP contribution in [0.4, 0.5) is 0 Å². The van der Waals surface area contributed by atoms with Crippen LogP contribution in [0, 0.1) is 0 Å². The van der Waals surface area contributed by atoms with E-state index in [2.05, 4.69) is 35.3 Å². The van der Waals surface area contributed by atoms with Crippen LogP contribution in [0.25, 0.3) is 0 Å². The van der Waals surface area contributed by atoms with Crippen LogP contribution >= 0.6 is 0 Å². The lowest BCUT2D eigenvalue weighted by atomic mass is 9.91. The van der Waals surface area contributed by atoms with Crippen molar-refractivity contribution in [1.29, 1.82) is 0 Å². The number of hydrogen-bond acceptors (Lipinski definition) is 6. The van der Waals surface area contributed by atoms with E-state index in [0.29, 0.717) is 43.5 Å². The third-order valence-electron chi connectivity index (χ3n) is 7.04. The van der Waals surface area contributed by atoms with Gasteiger partial charge in [0.1, 0.15) is 30.8 Å². The van der Waals surface area contributed by atoms with Crippen molar-refractivity contribution in [1.82, 2.24) is 9.88 Å². The van der Waals surface area contributed by atoms with Gasteiger partial charge in [-0.2, -0.15) is 0 Å². The van der Waals surface area contributed by atoms with Gasteiger partial charge in [-0.1, -0.05) is 30.3 Å². The van der Waals surface area contributed by atoms with Crippen LogP contribution in [-0.4, -0.2) is 55.3 Å². The molecule has 0 N–H and O–H groups in total. The van der Waals surface area contributed by atoms with E-state index >= 15 is 0 Å². The Labute approximate surface area is 211 Å². The molecular weight excluding hydrogens is 456 g/mol. The largest absolute Gasteiger partial charge is 0.493 e. The normalized spacial score (nSPS) is 18.9. The number of aromatic nitrogens is 1. The zero-order chi connectivity index (χ0) is 24.5. The number of likely N-dealkylation sites (tertiary alicyclic amines) is 1. The fourth-order valence-corrected chi connectivity index (χ4v) is 4.51. The number of ether oxygens (including phenoxy) is 4. The van der Waals surface area contributed by atoms with Crippen LogP contribution < -0.4 is 14.2 Å². The average Bonchev–Trinajstić information content (AvgIpc) is 3.81. The molecule has 3 heterocycles. The molecule has 0 radical (unpaired) electrons. The minimum atomic E-state index is -0.0843. The number of methoxy groups -OCH3 is 1. The van der Waals surface area contributed by atoms with E-state index in [4.69, 9.17) is 18.9 Å². The monoisotopic (exact) mass is 486 g/mol. The highest BCUT2D eigenvalue weighted by molar-refractivity contribution is 5.93. The van der Waals surface area contributed by atoms with Gasteiger partial charge < -0.3 is 23.8 Å². The zero-order valence-corrected chi connectivity index (χ0v) is 20.4. The number of rotatable bonds is 10. The van der Waals surface area contributed by atoms with Crippen molar-refractivity contribution in [2.24, 2.45) is 0 Å². The van der Waals surface area contributed by atoms with Gasteiger partial charge in [-0.05, 0) is 53.6 Å². The summed E-state index contributed by atoms with van der Waals surface area (Å²) in [5, 5.41) is 0. The molecule has 36 heavy (non-hydrogen) atoms. The molecule has 1 saturated carbocycles. The van der Waals surface area contributed by atoms with Gasteiger partial charge in [0.15, 0.2) is 11.5 Å². The Balaban J connectivity index is 1.04. The molecule has 3 fully saturated rings. The summed E-state index contributed by atoms with van der Waals surface area (Å²) in [6, 6.07) is 18.2. The molecule has 2 saturated heterocycles. The summed E-state index contributed by atoms with van der Waals surface area (Å²) in [4.78, 5) is 19.0. The maximum Gasteiger partial charge on any atom is 0.272 e. The summed E-state index contributed by atoms with van der Waals surface area (Å²) in [6.45, 7) is 3.00. The topological polar surface area (TPSA) is 73.4 Å². The molecule has 1 amide bonds. The van der Waals surface area contributed by atoms with Gasteiger partial charge in [0.05, 0.1) is 13.7 Å². The third kappa shape index (κ3) is 5.16. The minimum absolute atomic E-state index is 0.0843. The summed E-state index contributed by atoms with van der Waals surface area (Å²) in [5.41, 5.74) is 4.09. The highest BCUT2D eigenvalue weighted by atomic mass is 16.6. The van der Waals surface area contributed by atoms with E-state index in [-0.39, 0.29) is 17.9 Å². The Hall–Kier alpha value is -3.58. The van der Waals surface area contributed by atoms with Gasteiger partial charge in [0, 0.05) is 31.3 Å². The van der Waals surface area contributed by atoms with Crippen molar-refractivity contribution in [2.45, 2.75) is 37.4 Å². The van der Waals surface area contributed by atoms with E-state index in [1.54, 1.807) is 25.4 Å². The number of carbonyl (C=O) groups excluding carboxylic acids is 1. The number of nitrogens with zero attached hydrogens (tertiary/aromatic N) is 2. The quantitative estimate of drug-likeness (QED) is 0.391. The summed E-state index contributed by atoms with van der Waals surface area (Å²) in [7, 11) is 1.66. The first-order chi connectivity index (χ1) is 17.7. The molecule has 1 aliphatic carbocycles. The fraction of sp³-hybridized carbons (Fsp3) is 0.379. The number of pyridine rings is 1. The van der Waals surface area contributed by atoms with Crippen molar-refractivity contribution in [3.05, 3.63) is 83.2 Å². The Morgan fingerprint density at radius 3 is 2.47 bits per heavy atom. The Bertz CT molecular complexity index is 1230. The van der Waals surface area contributed by atoms with E-state index in [9.17, 15) is 4.79 Å². The molecule has 6 rings (SSSR count). The number of hydrogen-bond donors (Lipinski definition) is 0. The van der Waals surface area contributed by atoms with Crippen molar-refractivity contribution in [3.8, 4) is 17.2 Å². The van der Waals surface area contributed by atoms with Crippen molar-refractivity contribution in [2.75, 3.05) is 33.4 Å². The summed E-state index contributed by atoms with van der Waals surface area (Å²) in [6.07, 6.45) is 4.39. The number of epoxide rings is 1. The lowest BCUT2D eigenvalue weighted by Crippen LogP contribution is -2.48. The van der Waals surface area contributed by atoms with E-state index in [1.165, 1.54) is 18.4 Å². The van der Waals surface area contributed by atoms with Crippen LogP contribution in [0.5, 0.6) is 17.2 Å². The third-order valence-corrected chi connectivity index (χ3v) is 7.04.